The van der Waals surface area contributed by atoms with Crippen LogP contribution in [0, 0.1) is 0 Å². The Hall–Kier alpha value is -1.91. The maximum absolute atomic E-state index is 12.2. The lowest BCUT2D eigenvalue weighted by Gasteiger charge is -2.23. The maximum Gasteiger partial charge on any atom is 0.309 e. The Kier molecular flexibility index (Phi) is 17.3. The minimum atomic E-state index is -4.13. The molecule has 16 nitrogen and oxygen atoms in total. The van der Waals surface area contributed by atoms with E-state index >= 15 is 0 Å². The van der Waals surface area contributed by atoms with Crippen molar-refractivity contribution in [3.63, 3.8) is 0 Å². The fraction of sp³-hybridized carbons (Fsp3) is 0.778. The molecule has 0 fully saturated rings. The van der Waals surface area contributed by atoms with E-state index in [0.717, 1.165) is 14.3 Å². The molecular weight excluding hydrogens is 733 g/mol. The van der Waals surface area contributed by atoms with E-state index in [4.69, 9.17) is 0 Å². The van der Waals surface area contributed by atoms with E-state index in [9.17, 15) is 46.6 Å². The molecule has 0 amide bonds. The van der Waals surface area contributed by atoms with Crippen molar-refractivity contribution < 1.29 is 54.2 Å². The molecule has 0 unspecified atom stereocenters. The third-order valence-electron chi connectivity index (χ3n) is 5.53. The van der Waals surface area contributed by atoms with Gasteiger partial charge in [0, 0.05) is 12.4 Å². The molecule has 2 aromatic rings. The predicted octanol–water partition coefficient (Wildman–Crippen LogP) is 3.36. The van der Waals surface area contributed by atoms with Crippen molar-refractivity contribution in [1.29, 1.82) is 0 Å². The lowest BCUT2D eigenvalue weighted by molar-refractivity contribution is -0.511. The van der Waals surface area contributed by atoms with E-state index in [-0.39, 0.29) is 7.43 Å². The summed E-state index contributed by atoms with van der Waals surface area (Å²) in [6.07, 6.45) is 8.65. The number of aromatic amines is 1. The molecule has 2 aromatic heterocycles. The Morgan fingerprint density at radius 3 is 1.23 bits per heavy atom. The number of imidazole rings is 2. The molecule has 286 valence electrons. The number of nitrogens with zero attached hydrogens (tertiary/aromatic N) is 3. The van der Waals surface area contributed by atoms with Crippen LogP contribution in [0.3, 0.4) is 0 Å². The number of rotatable bonds is 4. The molecule has 2 rings (SSSR count). The molecular formula is C27H56N4O12S5. The second kappa shape index (κ2) is 16.4. The molecule has 48 heavy (non-hydrogen) atoms. The molecule has 0 aliphatic rings. The van der Waals surface area contributed by atoms with Crippen molar-refractivity contribution >= 4 is 50.4 Å². The Labute approximate surface area is 289 Å². The monoisotopic (exact) mass is 788 g/mol. The van der Waals surface area contributed by atoms with Gasteiger partial charge >= 0.3 is 20.0 Å². The number of H-pyrrole nitrogens is 1. The van der Waals surface area contributed by atoms with Crippen molar-refractivity contribution in [1.82, 2.24) is 13.9 Å². The predicted molar refractivity (Wildman–Crippen MR) is 186 cm³/mol. The van der Waals surface area contributed by atoms with Crippen LogP contribution in [0.1, 0.15) is 111 Å². The van der Waals surface area contributed by atoms with Crippen LogP contribution in [0.2, 0.25) is 0 Å². The molecule has 0 saturated carbocycles. The van der Waals surface area contributed by atoms with Crippen LogP contribution in [0.4, 0.5) is 0 Å². The van der Waals surface area contributed by atoms with Crippen LogP contribution in [-0.2, 0) is 54.0 Å². The van der Waals surface area contributed by atoms with E-state index in [1.54, 1.807) is 60.3 Å². The molecule has 0 radical (unpaired) electrons. The summed E-state index contributed by atoms with van der Waals surface area (Å²) in [4.78, 5) is 6.42. The summed E-state index contributed by atoms with van der Waals surface area (Å²) in [7, 11) is -19.6. The quantitative estimate of drug-likeness (QED) is 0.346. The Bertz CT molecular complexity index is 1710. The van der Waals surface area contributed by atoms with Gasteiger partial charge in [0.15, 0.2) is 0 Å². The average molecular weight is 789 g/mol. The summed E-state index contributed by atoms with van der Waals surface area (Å²) in [6, 6.07) is 0. The molecule has 0 aliphatic carbocycles. The first-order valence-corrected chi connectivity index (χ1v) is 21.0. The average Bonchev–Trinajstić information content (AvgIpc) is 3.51. The van der Waals surface area contributed by atoms with Gasteiger partial charge in [-0.25, -0.2) is 13.4 Å². The second-order valence-electron chi connectivity index (χ2n) is 14.8. The smallest absolute Gasteiger partial charge is 0.309 e. The summed E-state index contributed by atoms with van der Waals surface area (Å²) in [5.41, 5.74) is 0. The van der Waals surface area contributed by atoms with Crippen LogP contribution < -0.4 is 3.97 Å². The summed E-state index contributed by atoms with van der Waals surface area (Å²) in [5, 5.41) is 0. The summed E-state index contributed by atoms with van der Waals surface area (Å²) in [6.45, 7) is 21.7. The summed E-state index contributed by atoms with van der Waals surface area (Å²) in [5.74, 6) is 0. The second-order valence-corrected chi connectivity index (χ2v) is 27.0. The van der Waals surface area contributed by atoms with Crippen molar-refractivity contribution in [3.05, 3.63) is 37.4 Å². The van der Waals surface area contributed by atoms with Gasteiger partial charge in [-0.2, -0.15) is 33.7 Å². The Morgan fingerprint density at radius 2 is 1.02 bits per heavy atom. The standard InChI is InChI=1S/C11H21N2O4S2.C8H18O5S2.C4H10O3S.C3H4N2.CH4/c1-10(2,3)18(14,15)12-7-8-13(9-12)19(16,17)11(4,5)6;1-7(2,3)14(9,10)13-15(11,12)8(4,5)6;1-4(2,3)8(5,6)7;1-2-5-3-4-1;/h7-9H,1-6H3;1-6H3;1-3H3,(H,5,6,7);1-3H,(H,4,5);1H4/q+1;;;;/p-1. The normalized spacial score (nSPS) is 13.8. The van der Waals surface area contributed by atoms with Gasteiger partial charge < -0.3 is 9.54 Å². The van der Waals surface area contributed by atoms with Gasteiger partial charge in [-0.05, 0) is 104 Å². The lowest BCUT2D eigenvalue weighted by atomic mass is 10.3. The fourth-order valence-electron chi connectivity index (χ4n) is 1.77. The van der Waals surface area contributed by atoms with E-state index in [2.05, 4.69) is 13.6 Å². The van der Waals surface area contributed by atoms with E-state index in [1.165, 1.54) is 74.7 Å². The molecule has 1 N–H and O–H groups in total. The summed E-state index contributed by atoms with van der Waals surface area (Å²) >= 11 is 0. The molecule has 0 aromatic carbocycles. The van der Waals surface area contributed by atoms with Crippen molar-refractivity contribution in [3.8, 4) is 0 Å². The van der Waals surface area contributed by atoms with Gasteiger partial charge in [-0.15, -0.1) is 11.6 Å². The minimum Gasteiger partial charge on any atom is -0.748 e. The van der Waals surface area contributed by atoms with Gasteiger partial charge in [-0.3, -0.25) is 0 Å². The zero-order chi connectivity index (χ0) is 38.5. The highest BCUT2D eigenvalue weighted by Gasteiger charge is 2.41. The van der Waals surface area contributed by atoms with Crippen LogP contribution >= 0.6 is 0 Å². The van der Waals surface area contributed by atoms with Crippen LogP contribution in [0.5, 0.6) is 0 Å². The van der Waals surface area contributed by atoms with E-state index < -0.39 is 74.1 Å². The highest BCUT2D eigenvalue weighted by Crippen LogP contribution is 2.25. The first-order valence-electron chi connectivity index (χ1n) is 13.8. The number of hydrogen-bond donors (Lipinski definition) is 1. The van der Waals surface area contributed by atoms with Crippen molar-refractivity contribution in [2.45, 2.75) is 135 Å². The van der Waals surface area contributed by atoms with Gasteiger partial charge in [0.25, 0.3) is 26.6 Å². The number of aromatic nitrogens is 4. The zero-order valence-electron chi connectivity index (χ0n) is 29.7. The zero-order valence-corrected chi connectivity index (χ0v) is 33.8. The van der Waals surface area contributed by atoms with Gasteiger partial charge in [0.1, 0.15) is 21.9 Å². The molecule has 21 heteroatoms. The first kappa shape index (κ1) is 50.5. The molecule has 0 atom stereocenters. The Morgan fingerprint density at radius 1 is 0.646 bits per heavy atom. The molecule has 0 bridgehead atoms. The Balaban J connectivity index is -0.000000617. The SMILES string of the molecule is C.CC(C)(C)S(=O)(=O)OS(=O)(=O)C(C)(C)C.CC(C)(C)S(=O)(=O)[O-].CC(C)(C)S(=O)(=O)n1cc[n+](S(=O)(=O)C(C)(C)C)c1.c1c[nH]cn1. The topological polar surface area (TPSA) is 240 Å². The molecule has 2 heterocycles. The van der Waals surface area contributed by atoms with Gasteiger partial charge in [0.05, 0.1) is 30.7 Å². The maximum atomic E-state index is 12.2. The third kappa shape index (κ3) is 14.5. The number of nitrogens with one attached hydrogen (secondary N) is 1. The molecule has 0 spiro atoms. The van der Waals surface area contributed by atoms with Crippen LogP contribution in [0.25, 0.3) is 0 Å². The third-order valence-corrected chi connectivity index (χ3v) is 16.1. The highest BCUT2D eigenvalue weighted by molar-refractivity contribution is 8.01. The molecule has 0 saturated heterocycles. The molecule has 0 aliphatic heterocycles. The van der Waals surface area contributed by atoms with Crippen molar-refractivity contribution in [2.75, 3.05) is 0 Å². The largest absolute Gasteiger partial charge is 0.748 e. The van der Waals surface area contributed by atoms with Crippen molar-refractivity contribution in [2.24, 2.45) is 0 Å². The van der Waals surface area contributed by atoms with Gasteiger partial charge in [0.2, 0.25) is 0 Å². The number of hydrogen-bond acceptors (Lipinski definition) is 13. The minimum absolute atomic E-state index is 0. The highest BCUT2D eigenvalue weighted by atomic mass is 32.3. The van der Waals surface area contributed by atoms with Gasteiger partial charge in [-0.1, -0.05) is 7.43 Å². The van der Waals surface area contributed by atoms with E-state index in [0.29, 0.717) is 0 Å². The summed E-state index contributed by atoms with van der Waals surface area (Å²) < 4.78 is 126. The van der Waals surface area contributed by atoms with E-state index in [1.807, 2.05) is 0 Å². The first-order chi connectivity index (χ1) is 20.2. The lowest BCUT2D eigenvalue weighted by Crippen LogP contribution is -2.51. The van der Waals surface area contributed by atoms with Crippen LogP contribution in [-0.4, -0.2) is 84.3 Å². The van der Waals surface area contributed by atoms with Crippen LogP contribution in [0.15, 0.2) is 37.4 Å². The fourth-order valence-corrected chi connectivity index (χ4v) is 6.56.